The van der Waals surface area contributed by atoms with Crippen molar-refractivity contribution in [1.29, 1.82) is 0 Å². The number of hydrogen-bond acceptors (Lipinski definition) is 3. The van der Waals surface area contributed by atoms with Gasteiger partial charge in [-0.25, -0.2) is 0 Å². The van der Waals surface area contributed by atoms with E-state index in [9.17, 15) is 4.79 Å². The molecular formula is C19H24N2OS. The maximum Gasteiger partial charge on any atom is 0.251 e. The molecule has 2 rings (SSSR count). The maximum atomic E-state index is 12.2. The van der Waals surface area contributed by atoms with Gasteiger partial charge in [0.15, 0.2) is 0 Å². The summed E-state index contributed by atoms with van der Waals surface area (Å²) in [5, 5.41) is 3.00. The van der Waals surface area contributed by atoms with Crippen LogP contribution in [0.1, 0.15) is 22.3 Å². The molecule has 0 unspecified atom stereocenters. The van der Waals surface area contributed by atoms with E-state index in [0.717, 1.165) is 24.3 Å². The minimum Gasteiger partial charge on any atom is -0.375 e. The molecule has 0 aromatic heterocycles. The molecule has 0 aliphatic heterocycles. The Kier molecular flexibility index (Phi) is 7.01. The molecule has 0 heterocycles. The zero-order valence-corrected chi connectivity index (χ0v) is 14.6. The number of hydrogen-bond donors (Lipinski definition) is 1. The summed E-state index contributed by atoms with van der Waals surface area (Å²) in [6, 6.07) is 18.1. The second kappa shape index (κ2) is 9.26. The molecule has 1 amide bonds. The lowest BCUT2D eigenvalue weighted by Gasteiger charge is -2.19. The van der Waals surface area contributed by atoms with Crippen LogP contribution in [0.5, 0.6) is 0 Å². The molecule has 122 valence electrons. The fourth-order valence-electron chi connectivity index (χ4n) is 2.40. The molecule has 0 fully saturated rings. The molecule has 2 aromatic carbocycles. The van der Waals surface area contributed by atoms with E-state index in [1.54, 1.807) is 11.8 Å². The first-order valence-corrected chi connectivity index (χ1v) is 9.22. The minimum atomic E-state index is 0.00955. The van der Waals surface area contributed by atoms with Crippen LogP contribution in [0.2, 0.25) is 0 Å². The normalized spacial score (nSPS) is 10.3. The van der Waals surface area contributed by atoms with Gasteiger partial charge in [0.05, 0.1) is 0 Å². The lowest BCUT2D eigenvalue weighted by atomic mass is 10.1. The van der Waals surface area contributed by atoms with Gasteiger partial charge in [-0.05, 0) is 42.5 Å². The fraction of sp³-hybridized carbons (Fsp3) is 0.316. The highest BCUT2D eigenvalue weighted by atomic mass is 32.2. The first kappa shape index (κ1) is 17.4. The van der Waals surface area contributed by atoms with Crippen molar-refractivity contribution in [3.8, 4) is 0 Å². The zero-order valence-electron chi connectivity index (χ0n) is 13.8. The average molecular weight is 328 g/mol. The van der Waals surface area contributed by atoms with Crippen LogP contribution in [0, 0.1) is 0 Å². The number of thioether (sulfide) groups is 1. The van der Waals surface area contributed by atoms with E-state index in [1.807, 2.05) is 36.4 Å². The molecule has 4 heteroatoms. The van der Waals surface area contributed by atoms with Gasteiger partial charge in [0.1, 0.15) is 0 Å². The number of benzene rings is 2. The van der Waals surface area contributed by atoms with Gasteiger partial charge < -0.3 is 10.2 Å². The van der Waals surface area contributed by atoms with Crippen molar-refractivity contribution in [2.24, 2.45) is 0 Å². The van der Waals surface area contributed by atoms with Crippen molar-refractivity contribution in [2.45, 2.75) is 12.2 Å². The summed E-state index contributed by atoms with van der Waals surface area (Å²) in [5.41, 5.74) is 3.13. The number of nitrogens with zero attached hydrogens (tertiary/aromatic N) is 1. The lowest BCUT2D eigenvalue weighted by Crippen LogP contribution is -2.28. The SMILES string of the molecule is CSCc1cccc(C(=O)NCCCN(C)c2ccccc2)c1. The fourth-order valence-corrected chi connectivity index (χ4v) is 2.91. The Balaban J connectivity index is 1.75. The summed E-state index contributed by atoms with van der Waals surface area (Å²) in [6.07, 6.45) is 2.98. The average Bonchev–Trinajstić information content (AvgIpc) is 2.59. The Bertz CT molecular complexity index is 616. The van der Waals surface area contributed by atoms with Crippen molar-refractivity contribution in [1.82, 2.24) is 5.32 Å². The van der Waals surface area contributed by atoms with Crippen molar-refractivity contribution in [3.05, 3.63) is 65.7 Å². The van der Waals surface area contributed by atoms with E-state index in [1.165, 1.54) is 11.3 Å². The van der Waals surface area contributed by atoms with E-state index in [2.05, 4.69) is 41.7 Å². The van der Waals surface area contributed by atoms with E-state index >= 15 is 0 Å². The highest BCUT2D eigenvalue weighted by Crippen LogP contribution is 2.12. The van der Waals surface area contributed by atoms with Crippen molar-refractivity contribution in [2.75, 3.05) is 31.3 Å². The second-order valence-electron chi connectivity index (χ2n) is 5.50. The van der Waals surface area contributed by atoms with Gasteiger partial charge in [0, 0.05) is 37.1 Å². The van der Waals surface area contributed by atoms with E-state index < -0.39 is 0 Å². The molecule has 3 nitrogen and oxygen atoms in total. The number of anilines is 1. The monoisotopic (exact) mass is 328 g/mol. The Morgan fingerprint density at radius 1 is 1.13 bits per heavy atom. The number of carbonyl (C=O) groups is 1. The molecule has 0 bridgehead atoms. The van der Waals surface area contributed by atoms with Gasteiger partial charge in [0.25, 0.3) is 5.91 Å². The summed E-state index contributed by atoms with van der Waals surface area (Å²) < 4.78 is 0. The summed E-state index contributed by atoms with van der Waals surface area (Å²) in [6.45, 7) is 1.60. The van der Waals surface area contributed by atoms with Crippen molar-refractivity contribution in [3.63, 3.8) is 0 Å². The number of rotatable bonds is 8. The van der Waals surface area contributed by atoms with Crippen LogP contribution in [0.25, 0.3) is 0 Å². The highest BCUT2D eigenvalue weighted by molar-refractivity contribution is 7.97. The predicted molar refractivity (Wildman–Crippen MR) is 100 cm³/mol. The first-order chi connectivity index (χ1) is 11.2. The molecule has 0 radical (unpaired) electrons. The number of amides is 1. The number of nitrogens with one attached hydrogen (secondary N) is 1. The zero-order chi connectivity index (χ0) is 16.5. The summed E-state index contributed by atoms with van der Waals surface area (Å²) in [4.78, 5) is 14.4. The van der Waals surface area contributed by atoms with Crippen LogP contribution in [-0.4, -0.2) is 32.3 Å². The third-order valence-electron chi connectivity index (χ3n) is 3.65. The molecule has 0 aliphatic rings. The van der Waals surface area contributed by atoms with Crippen LogP contribution in [-0.2, 0) is 5.75 Å². The molecule has 0 saturated carbocycles. The van der Waals surface area contributed by atoms with E-state index in [-0.39, 0.29) is 5.91 Å². The highest BCUT2D eigenvalue weighted by Gasteiger charge is 2.06. The number of para-hydroxylation sites is 1. The molecule has 0 atom stereocenters. The molecule has 2 aromatic rings. The second-order valence-corrected chi connectivity index (χ2v) is 6.37. The summed E-state index contributed by atoms with van der Waals surface area (Å²) in [5.74, 6) is 0.943. The van der Waals surface area contributed by atoms with Gasteiger partial charge in [0.2, 0.25) is 0 Å². The quantitative estimate of drug-likeness (QED) is 0.748. The summed E-state index contributed by atoms with van der Waals surface area (Å²) in [7, 11) is 2.07. The number of carbonyl (C=O) groups excluding carboxylic acids is 1. The molecule has 0 spiro atoms. The Morgan fingerprint density at radius 3 is 2.65 bits per heavy atom. The smallest absolute Gasteiger partial charge is 0.251 e. The third-order valence-corrected chi connectivity index (χ3v) is 4.28. The van der Waals surface area contributed by atoms with Crippen LogP contribution in [0.4, 0.5) is 5.69 Å². The molecule has 23 heavy (non-hydrogen) atoms. The molecular weight excluding hydrogens is 304 g/mol. The van der Waals surface area contributed by atoms with Gasteiger partial charge in [-0.2, -0.15) is 11.8 Å². The lowest BCUT2D eigenvalue weighted by molar-refractivity contribution is 0.0953. The standard InChI is InChI=1S/C19H24N2OS/c1-21(18-10-4-3-5-11-18)13-7-12-20-19(22)17-9-6-8-16(14-17)15-23-2/h3-6,8-11,14H,7,12-13,15H2,1-2H3,(H,20,22). The van der Waals surface area contributed by atoms with Crippen molar-refractivity contribution >= 4 is 23.4 Å². The Labute approximate surface area is 143 Å². The van der Waals surface area contributed by atoms with Crippen LogP contribution < -0.4 is 10.2 Å². The van der Waals surface area contributed by atoms with Crippen LogP contribution in [0.15, 0.2) is 54.6 Å². The van der Waals surface area contributed by atoms with Crippen molar-refractivity contribution < 1.29 is 4.79 Å². The van der Waals surface area contributed by atoms with Crippen LogP contribution >= 0.6 is 11.8 Å². The van der Waals surface area contributed by atoms with E-state index in [4.69, 9.17) is 0 Å². The van der Waals surface area contributed by atoms with Gasteiger partial charge >= 0.3 is 0 Å². The topological polar surface area (TPSA) is 32.3 Å². The maximum absolute atomic E-state index is 12.2. The first-order valence-electron chi connectivity index (χ1n) is 7.83. The summed E-state index contributed by atoms with van der Waals surface area (Å²) >= 11 is 1.76. The molecule has 1 N–H and O–H groups in total. The molecule has 0 saturated heterocycles. The van der Waals surface area contributed by atoms with Gasteiger partial charge in [-0.15, -0.1) is 0 Å². The van der Waals surface area contributed by atoms with E-state index in [0.29, 0.717) is 6.54 Å². The largest absolute Gasteiger partial charge is 0.375 e. The van der Waals surface area contributed by atoms with Gasteiger partial charge in [-0.1, -0.05) is 30.3 Å². The molecule has 0 aliphatic carbocycles. The Morgan fingerprint density at radius 2 is 1.91 bits per heavy atom. The van der Waals surface area contributed by atoms with Gasteiger partial charge in [-0.3, -0.25) is 4.79 Å². The third kappa shape index (κ3) is 5.64. The predicted octanol–water partition coefficient (Wildman–Crippen LogP) is 3.81. The Hall–Kier alpha value is -1.94. The minimum absolute atomic E-state index is 0.00955. The van der Waals surface area contributed by atoms with Crippen LogP contribution in [0.3, 0.4) is 0 Å².